The van der Waals surface area contributed by atoms with Crippen LogP contribution >= 0.6 is 11.8 Å². The van der Waals surface area contributed by atoms with Crippen LogP contribution in [0.4, 0.5) is 0 Å². The number of nitrogens with zero attached hydrogens (tertiary/aromatic N) is 4. The Balaban J connectivity index is 1.44. The zero-order chi connectivity index (χ0) is 23.4. The topological polar surface area (TPSA) is 94.4 Å². The van der Waals surface area contributed by atoms with E-state index in [-0.39, 0.29) is 23.6 Å². The van der Waals surface area contributed by atoms with Gasteiger partial charge in [0.15, 0.2) is 11.0 Å². The van der Waals surface area contributed by atoms with Gasteiger partial charge in [-0.2, -0.15) is 0 Å². The Labute approximate surface area is 198 Å². The Morgan fingerprint density at radius 3 is 2.45 bits per heavy atom. The molecule has 1 aromatic heterocycles. The molecular weight excluding hydrogens is 460 g/mol. The van der Waals surface area contributed by atoms with E-state index in [1.54, 1.807) is 18.2 Å². The highest BCUT2D eigenvalue weighted by atomic mass is 32.2. The van der Waals surface area contributed by atoms with Gasteiger partial charge in [-0.3, -0.25) is 4.79 Å². The van der Waals surface area contributed by atoms with Crippen molar-refractivity contribution in [2.45, 2.75) is 43.5 Å². The second kappa shape index (κ2) is 9.96. The first-order chi connectivity index (χ1) is 15.9. The Hall–Kier alpha value is -2.85. The van der Waals surface area contributed by atoms with Crippen LogP contribution < -0.4 is 4.74 Å². The summed E-state index contributed by atoms with van der Waals surface area (Å²) in [6, 6.07) is 15.8. The second-order valence-corrected chi connectivity index (χ2v) is 11.0. The maximum absolute atomic E-state index is 12.8. The normalized spacial score (nSPS) is 14.6. The number of hydrogen-bond acceptors (Lipinski definition) is 7. The number of hydrogen-bond donors (Lipinski definition) is 0. The highest BCUT2D eigenvalue weighted by molar-refractivity contribution is 7.99. The summed E-state index contributed by atoms with van der Waals surface area (Å²) in [6.07, 6.45) is 0.943. The Bertz CT molecular complexity index is 1230. The molecule has 4 rings (SSSR count). The first-order valence-electron chi connectivity index (χ1n) is 10.8. The van der Waals surface area contributed by atoms with Crippen molar-refractivity contribution < 1.29 is 17.9 Å². The van der Waals surface area contributed by atoms with E-state index in [0.29, 0.717) is 22.7 Å². The van der Waals surface area contributed by atoms with Crippen molar-refractivity contribution in [3.63, 3.8) is 0 Å². The molecule has 0 N–H and O–H groups in total. The van der Waals surface area contributed by atoms with Crippen LogP contribution in [0.25, 0.3) is 0 Å². The fourth-order valence-corrected chi connectivity index (χ4v) is 6.07. The van der Waals surface area contributed by atoms with Crippen molar-refractivity contribution in [1.29, 1.82) is 0 Å². The van der Waals surface area contributed by atoms with E-state index in [1.165, 1.54) is 17.8 Å². The van der Waals surface area contributed by atoms with Gasteiger partial charge in [-0.15, -0.1) is 10.2 Å². The molecule has 33 heavy (non-hydrogen) atoms. The van der Waals surface area contributed by atoms with E-state index >= 15 is 0 Å². The third kappa shape index (κ3) is 5.06. The van der Waals surface area contributed by atoms with Gasteiger partial charge in [0.2, 0.25) is 0 Å². The average Bonchev–Trinajstić information content (AvgIpc) is 3.28. The number of benzene rings is 2. The Kier molecular flexibility index (Phi) is 7.04. The highest BCUT2D eigenvalue weighted by Crippen LogP contribution is 2.30. The van der Waals surface area contributed by atoms with Crippen LogP contribution in [0.3, 0.4) is 0 Å². The lowest BCUT2D eigenvalue weighted by atomic mass is 10.1. The molecule has 0 saturated carbocycles. The minimum atomic E-state index is -3.81. The standard InChI is InChI=1S/C23H26N4O4S2/c1-17(2)12-13-26-21(16-31-18-8-4-3-5-9-18)24-25-23(26)32-15-14-27-22(28)19-10-6-7-11-20(19)33(27,29)30/h3-11,17H,12-16H2,1-2H3. The predicted octanol–water partition coefficient (Wildman–Crippen LogP) is 3.84. The summed E-state index contributed by atoms with van der Waals surface area (Å²) in [5.74, 6) is 1.85. The summed E-state index contributed by atoms with van der Waals surface area (Å²) in [5.41, 5.74) is 0.225. The Morgan fingerprint density at radius 2 is 1.73 bits per heavy atom. The third-order valence-electron chi connectivity index (χ3n) is 5.27. The van der Waals surface area contributed by atoms with Crippen LogP contribution in [0.1, 0.15) is 36.5 Å². The summed E-state index contributed by atoms with van der Waals surface area (Å²) in [7, 11) is -3.81. The van der Waals surface area contributed by atoms with Gasteiger partial charge in [0.05, 0.1) is 5.56 Å². The molecule has 0 fully saturated rings. The molecule has 8 nitrogen and oxygen atoms in total. The van der Waals surface area contributed by atoms with E-state index < -0.39 is 15.9 Å². The molecule has 1 aliphatic rings. The van der Waals surface area contributed by atoms with Crippen molar-refractivity contribution in [3.8, 4) is 5.75 Å². The number of amides is 1. The lowest BCUT2D eigenvalue weighted by Crippen LogP contribution is -2.32. The SMILES string of the molecule is CC(C)CCn1c(COc2ccccc2)nnc1SCCN1C(=O)c2ccccc2S1(=O)=O. The average molecular weight is 487 g/mol. The fourth-order valence-electron chi connectivity index (χ4n) is 3.48. The predicted molar refractivity (Wildman–Crippen MR) is 126 cm³/mol. The Morgan fingerprint density at radius 1 is 1.00 bits per heavy atom. The maximum atomic E-state index is 12.8. The van der Waals surface area contributed by atoms with Gasteiger partial charge in [0.25, 0.3) is 15.9 Å². The van der Waals surface area contributed by atoms with Crippen molar-refractivity contribution >= 4 is 27.7 Å². The van der Waals surface area contributed by atoms with Crippen LogP contribution in [0.5, 0.6) is 5.75 Å². The molecule has 3 aromatic rings. The van der Waals surface area contributed by atoms with Crippen molar-refractivity contribution in [3.05, 3.63) is 66.0 Å². The molecule has 1 amide bonds. The molecule has 2 aromatic carbocycles. The number of ether oxygens (including phenoxy) is 1. The quantitative estimate of drug-likeness (QED) is 0.402. The van der Waals surface area contributed by atoms with Crippen LogP contribution in [-0.2, 0) is 23.2 Å². The number of thioether (sulfide) groups is 1. The lowest BCUT2D eigenvalue weighted by molar-refractivity contribution is 0.0876. The highest BCUT2D eigenvalue weighted by Gasteiger charge is 2.40. The van der Waals surface area contributed by atoms with Gasteiger partial charge in [-0.1, -0.05) is 55.9 Å². The van der Waals surface area contributed by atoms with Crippen molar-refractivity contribution in [2.75, 3.05) is 12.3 Å². The smallest absolute Gasteiger partial charge is 0.269 e. The fraction of sp³-hybridized carbons (Fsp3) is 0.348. The number of para-hydroxylation sites is 1. The first-order valence-corrected chi connectivity index (χ1v) is 13.2. The lowest BCUT2D eigenvalue weighted by Gasteiger charge is -2.15. The number of sulfonamides is 1. The molecule has 0 bridgehead atoms. The zero-order valence-electron chi connectivity index (χ0n) is 18.5. The molecule has 2 heterocycles. The van der Waals surface area contributed by atoms with E-state index in [2.05, 4.69) is 24.0 Å². The molecule has 0 unspecified atom stereocenters. The minimum Gasteiger partial charge on any atom is -0.486 e. The summed E-state index contributed by atoms with van der Waals surface area (Å²) < 4.78 is 34.3. The maximum Gasteiger partial charge on any atom is 0.269 e. The first kappa shape index (κ1) is 23.3. The monoisotopic (exact) mass is 486 g/mol. The van der Waals surface area contributed by atoms with Crippen molar-refractivity contribution in [1.82, 2.24) is 19.1 Å². The molecule has 0 saturated heterocycles. The molecule has 174 valence electrons. The van der Waals surface area contributed by atoms with Crippen LogP contribution in [0.15, 0.2) is 64.6 Å². The number of rotatable bonds is 10. The number of carbonyl (C=O) groups excluding carboxylic acids is 1. The van der Waals surface area contributed by atoms with Gasteiger partial charge in [0, 0.05) is 18.8 Å². The third-order valence-corrected chi connectivity index (χ3v) is 8.06. The largest absolute Gasteiger partial charge is 0.486 e. The van der Waals surface area contributed by atoms with Crippen LogP contribution in [0.2, 0.25) is 0 Å². The summed E-state index contributed by atoms with van der Waals surface area (Å²) >= 11 is 1.39. The number of aromatic nitrogens is 3. The minimum absolute atomic E-state index is 0.0629. The summed E-state index contributed by atoms with van der Waals surface area (Å²) in [4.78, 5) is 12.7. The zero-order valence-corrected chi connectivity index (χ0v) is 20.2. The number of fused-ring (bicyclic) bond motifs is 1. The van der Waals surface area contributed by atoms with Gasteiger partial charge >= 0.3 is 0 Å². The van der Waals surface area contributed by atoms with E-state index in [1.807, 2.05) is 34.9 Å². The summed E-state index contributed by atoms with van der Waals surface area (Å²) in [5, 5.41) is 9.30. The van der Waals surface area contributed by atoms with Crippen molar-refractivity contribution in [2.24, 2.45) is 5.92 Å². The molecular formula is C23H26N4O4S2. The van der Waals surface area contributed by atoms with E-state index in [0.717, 1.165) is 23.0 Å². The van der Waals surface area contributed by atoms with Gasteiger partial charge in [-0.25, -0.2) is 12.7 Å². The van der Waals surface area contributed by atoms with Gasteiger partial charge in [-0.05, 0) is 36.6 Å². The second-order valence-electron chi connectivity index (χ2n) is 8.06. The molecule has 0 aliphatic carbocycles. The number of carbonyl (C=O) groups is 1. The molecule has 0 atom stereocenters. The van der Waals surface area contributed by atoms with Crippen LogP contribution in [0, 0.1) is 5.92 Å². The molecule has 1 aliphatic heterocycles. The molecule has 10 heteroatoms. The van der Waals surface area contributed by atoms with Gasteiger partial charge in [0.1, 0.15) is 17.3 Å². The van der Waals surface area contributed by atoms with E-state index in [4.69, 9.17) is 4.74 Å². The molecule has 0 spiro atoms. The van der Waals surface area contributed by atoms with E-state index in [9.17, 15) is 13.2 Å². The summed E-state index contributed by atoms with van der Waals surface area (Å²) in [6.45, 7) is 5.38. The van der Waals surface area contributed by atoms with Gasteiger partial charge < -0.3 is 9.30 Å². The molecule has 0 radical (unpaired) electrons. The van der Waals surface area contributed by atoms with Crippen LogP contribution in [-0.4, -0.2) is 45.7 Å².